The largest absolute Gasteiger partial charge is 0.386 e. The van der Waals surface area contributed by atoms with E-state index in [1.54, 1.807) is 4.90 Å². The molecule has 0 aromatic rings. The van der Waals surface area contributed by atoms with Gasteiger partial charge in [0, 0.05) is 12.8 Å². The number of hydrogen-bond donors (Lipinski definition) is 1. The van der Waals surface area contributed by atoms with E-state index < -0.39 is 5.60 Å². The first-order chi connectivity index (χ1) is 6.61. The van der Waals surface area contributed by atoms with E-state index in [2.05, 4.69) is 5.92 Å². The third-order valence-corrected chi connectivity index (χ3v) is 2.52. The quantitative estimate of drug-likeness (QED) is 0.673. The molecule has 1 N–H and O–H groups in total. The lowest BCUT2D eigenvalue weighted by Gasteiger charge is -2.46. The third-order valence-electron chi connectivity index (χ3n) is 2.52. The van der Waals surface area contributed by atoms with Gasteiger partial charge in [0.05, 0.1) is 18.7 Å². The summed E-state index contributed by atoms with van der Waals surface area (Å²) in [6, 6.07) is 0. The average molecular weight is 195 g/mol. The number of nitrogens with zero attached hydrogens (tertiary/aromatic N) is 1. The van der Waals surface area contributed by atoms with Crippen molar-refractivity contribution in [3.05, 3.63) is 0 Å². The Bertz CT molecular complexity index is 249. The molecule has 3 nitrogen and oxygen atoms in total. The van der Waals surface area contributed by atoms with E-state index in [9.17, 15) is 9.90 Å². The Morgan fingerprint density at radius 2 is 2.29 bits per heavy atom. The van der Waals surface area contributed by atoms with Gasteiger partial charge in [-0.05, 0) is 6.42 Å². The Balaban J connectivity index is 2.27. The Hall–Kier alpha value is -1.01. The van der Waals surface area contributed by atoms with Crippen molar-refractivity contribution >= 4 is 5.91 Å². The summed E-state index contributed by atoms with van der Waals surface area (Å²) in [4.78, 5) is 13.1. The molecule has 1 heterocycles. The summed E-state index contributed by atoms with van der Waals surface area (Å²) in [5.74, 6) is 2.50. The van der Waals surface area contributed by atoms with Crippen LogP contribution >= 0.6 is 0 Å². The van der Waals surface area contributed by atoms with Crippen molar-refractivity contribution in [3.8, 4) is 12.3 Å². The van der Waals surface area contributed by atoms with Gasteiger partial charge >= 0.3 is 0 Å². The van der Waals surface area contributed by atoms with Crippen molar-refractivity contribution in [2.75, 3.05) is 13.1 Å². The molecule has 0 bridgehead atoms. The molecule has 1 amide bonds. The van der Waals surface area contributed by atoms with Gasteiger partial charge in [-0.1, -0.05) is 13.3 Å². The number of carbonyl (C=O) groups is 1. The SMILES string of the molecule is C#CCCC(=O)N1CC(O)(CCC)C1. The lowest BCUT2D eigenvalue weighted by atomic mass is 9.89. The molecular weight excluding hydrogens is 178 g/mol. The van der Waals surface area contributed by atoms with Crippen LogP contribution in [0.1, 0.15) is 32.6 Å². The first kappa shape index (κ1) is 11.1. The molecule has 1 fully saturated rings. The summed E-state index contributed by atoms with van der Waals surface area (Å²) in [5.41, 5.74) is -0.624. The number of aliphatic hydroxyl groups is 1. The van der Waals surface area contributed by atoms with Crippen molar-refractivity contribution in [1.29, 1.82) is 0 Å². The lowest BCUT2D eigenvalue weighted by molar-refractivity contribution is -0.156. The van der Waals surface area contributed by atoms with Crippen molar-refractivity contribution in [1.82, 2.24) is 4.90 Å². The van der Waals surface area contributed by atoms with Crippen LogP contribution in [0.4, 0.5) is 0 Å². The van der Waals surface area contributed by atoms with Crippen molar-refractivity contribution in [3.63, 3.8) is 0 Å². The third kappa shape index (κ3) is 2.49. The maximum absolute atomic E-state index is 11.4. The molecule has 78 valence electrons. The summed E-state index contributed by atoms with van der Waals surface area (Å²) in [6.45, 7) is 2.98. The predicted octanol–water partition coefficient (Wildman–Crippen LogP) is 0.773. The normalized spacial score (nSPS) is 18.5. The number of terminal acetylenes is 1. The smallest absolute Gasteiger partial charge is 0.223 e. The number of rotatable bonds is 4. The molecule has 1 rings (SSSR count). The van der Waals surface area contributed by atoms with Crippen LogP contribution in [0.2, 0.25) is 0 Å². The van der Waals surface area contributed by atoms with Gasteiger partial charge in [-0.3, -0.25) is 4.79 Å². The summed E-state index contributed by atoms with van der Waals surface area (Å²) in [6.07, 6.45) is 7.67. The zero-order valence-corrected chi connectivity index (χ0v) is 8.62. The van der Waals surface area contributed by atoms with Crippen molar-refractivity contribution in [2.24, 2.45) is 0 Å². The van der Waals surface area contributed by atoms with Crippen LogP contribution in [-0.4, -0.2) is 34.6 Å². The molecule has 0 radical (unpaired) electrons. The standard InChI is InChI=1S/C11H17NO2/c1-3-5-6-10(13)12-8-11(14,9-12)7-4-2/h1,14H,4-9H2,2H3. The first-order valence-corrected chi connectivity index (χ1v) is 5.05. The Kier molecular flexibility index (Phi) is 3.54. The molecule has 14 heavy (non-hydrogen) atoms. The van der Waals surface area contributed by atoms with Crippen LogP contribution < -0.4 is 0 Å². The highest BCUT2D eigenvalue weighted by molar-refractivity contribution is 5.77. The van der Waals surface area contributed by atoms with E-state index in [0.717, 1.165) is 12.8 Å². The molecule has 1 saturated heterocycles. The summed E-state index contributed by atoms with van der Waals surface area (Å²) in [7, 11) is 0. The highest BCUT2D eigenvalue weighted by Crippen LogP contribution is 2.26. The molecule has 1 aliphatic heterocycles. The number of hydrogen-bond acceptors (Lipinski definition) is 2. The minimum atomic E-state index is -0.624. The van der Waals surface area contributed by atoms with Gasteiger partial charge in [0.2, 0.25) is 5.91 Å². The minimum Gasteiger partial charge on any atom is -0.386 e. The lowest BCUT2D eigenvalue weighted by Crippen LogP contribution is -2.63. The average Bonchev–Trinajstić information content (AvgIpc) is 2.10. The van der Waals surface area contributed by atoms with Gasteiger partial charge < -0.3 is 10.0 Å². The van der Waals surface area contributed by atoms with Gasteiger partial charge in [0.25, 0.3) is 0 Å². The molecule has 0 unspecified atom stereocenters. The second-order valence-corrected chi connectivity index (χ2v) is 3.93. The fraction of sp³-hybridized carbons (Fsp3) is 0.727. The topological polar surface area (TPSA) is 40.5 Å². The molecule has 0 aromatic heterocycles. The van der Waals surface area contributed by atoms with E-state index >= 15 is 0 Å². The minimum absolute atomic E-state index is 0.0590. The fourth-order valence-corrected chi connectivity index (χ4v) is 1.80. The maximum Gasteiger partial charge on any atom is 0.223 e. The predicted molar refractivity (Wildman–Crippen MR) is 54.5 cm³/mol. The zero-order valence-electron chi connectivity index (χ0n) is 8.62. The van der Waals surface area contributed by atoms with E-state index in [0.29, 0.717) is 25.9 Å². The molecule has 0 atom stereocenters. The van der Waals surface area contributed by atoms with Gasteiger partial charge in [0.1, 0.15) is 0 Å². The number of amides is 1. The molecule has 0 aromatic carbocycles. The summed E-state index contributed by atoms with van der Waals surface area (Å²) in [5, 5.41) is 9.82. The fourth-order valence-electron chi connectivity index (χ4n) is 1.80. The molecular formula is C11H17NO2. The number of carbonyl (C=O) groups excluding carboxylic acids is 1. The van der Waals surface area contributed by atoms with Crippen LogP contribution in [0.15, 0.2) is 0 Å². The number of β-amino-alcohol motifs (C(OH)–C–C–N with tert-alkyl or cyclic N) is 1. The van der Waals surface area contributed by atoms with Gasteiger partial charge in [-0.25, -0.2) is 0 Å². The van der Waals surface area contributed by atoms with Gasteiger partial charge in [0.15, 0.2) is 0 Å². The zero-order chi connectivity index (χ0) is 10.6. The van der Waals surface area contributed by atoms with Crippen molar-refractivity contribution < 1.29 is 9.90 Å². The monoisotopic (exact) mass is 195 g/mol. The van der Waals surface area contributed by atoms with E-state index in [1.807, 2.05) is 6.92 Å². The van der Waals surface area contributed by atoms with Crippen LogP contribution in [0.25, 0.3) is 0 Å². The maximum atomic E-state index is 11.4. The van der Waals surface area contributed by atoms with Crippen LogP contribution in [0.5, 0.6) is 0 Å². The van der Waals surface area contributed by atoms with E-state index in [1.165, 1.54) is 0 Å². The molecule has 0 saturated carbocycles. The molecule has 0 aliphatic carbocycles. The molecule has 0 spiro atoms. The highest BCUT2D eigenvalue weighted by Gasteiger charge is 2.42. The highest BCUT2D eigenvalue weighted by atomic mass is 16.3. The number of likely N-dealkylation sites (tertiary alicyclic amines) is 1. The van der Waals surface area contributed by atoms with Crippen LogP contribution in [0.3, 0.4) is 0 Å². The van der Waals surface area contributed by atoms with Gasteiger partial charge in [-0.15, -0.1) is 12.3 Å². The Morgan fingerprint density at radius 3 is 2.79 bits per heavy atom. The van der Waals surface area contributed by atoms with Gasteiger partial charge in [-0.2, -0.15) is 0 Å². The Morgan fingerprint density at radius 1 is 1.64 bits per heavy atom. The van der Waals surface area contributed by atoms with E-state index in [4.69, 9.17) is 6.42 Å². The first-order valence-electron chi connectivity index (χ1n) is 5.05. The Labute approximate surface area is 85.1 Å². The van der Waals surface area contributed by atoms with Crippen molar-refractivity contribution in [2.45, 2.75) is 38.2 Å². The van der Waals surface area contributed by atoms with E-state index in [-0.39, 0.29) is 5.91 Å². The van der Waals surface area contributed by atoms with Crippen LogP contribution in [-0.2, 0) is 4.79 Å². The summed E-state index contributed by atoms with van der Waals surface area (Å²) >= 11 is 0. The second-order valence-electron chi connectivity index (χ2n) is 3.93. The second kappa shape index (κ2) is 4.47. The molecule has 3 heteroatoms. The molecule has 1 aliphatic rings. The van der Waals surface area contributed by atoms with Crippen LogP contribution in [0, 0.1) is 12.3 Å². The summed E-state index contributed by atoms with van der Waals surface area (Å²) < 4.78 is 0.